The topological polar surface area (TPSA) is 40.7 Å². The molecule has 0 amide bonds. The summed E-state index contributed by atoms with van der Waals surface area (Å²) in [6.07, 6.45) is 3.87. The van der Waals surface area contributed by atoms with Crippen LogP contribution in [0, 0.1) is 13.8 Å². The van der Waals surface area contributed by atoms with Crippen molar-refractivity contribution in [1.82, 2.24) is 15.5 Å². The first-order chi connectivity index (χ1) is 6.75. The smallest absolute Gasteiger partial charge is 0.0638 e. The van der Waals surface area contributed by atoms with E-state index in [1.807, 2.05) is 6.92 Å². The molecule has 0 radical (unpaired) electrons. The number of hydrogen-bond donors (Lipinski definition) is 2. The van der Waals surface area contributed by atoms with Crippen molar-refractivity contribution in [2.75, 3.05) is 6.54 Å². The Kier molecular flexibility index (Phi) is 4.66. The first kappa shape index (κ1) is 11.2. The molecule has 2 N–H and O–H groups in total. The Hall–Kier alpha value is -0.830. The lowest BCUT2D eigenvalue weighted by Crippen LogP contribution is -2.15. The van der Waals surface area contributed by atoms with E-state index in [0.29, 0.717) is 0 Å². The lowest BCUT2D eigenvalue weighted by Gasteiger charge is -2.04. The highest BCUT2D eigenvalue weighted by atomic mass is 15.1. The fourth-order valence-corrected chi connectivity index (χ4v) is 1.55. The molecule has 1 aromatic heterocycles. The van der Waals surface area contributed by atoms with Gasteiger partial charge in [0, 0.05) is 17.8 Å². The van der Waals surface area contributed by atoms with Crippen LogP contribution in [0.5, 0.6) is 0 Å². The third-order valence-corrected chi connectivity index (χ3v) is 2.54. The van der Waals surface area contributed by atoms with Crippen LogP contribution in [0.15, 0.2) is 0 Å². The molecule has 0 saturated heterocycles. The number of hydrogen-bond acceptors (Lipinski definition) is 2. The summed E-state index contributed by atoms with van der Waals surface area (Å²) in [4.78, 5) is 0. The van der Waals surface area contributed by atoms with Crippen molar-refractivity contribution in [3.8, 4) is 0 Å². The minimum Gasteiger partial charge on any atom is -0.313 e. The molecule has 0 bridgehead atoms. The van der Waals surface area contributed by atoms with Crippen molar-refractivity contribution in [3.05, 3.63) is 17.0 Å². The van der Waals surface area contributed by atoms with Crippen LogP contribution < -0.4 is 5.32 Å². The van der Waals surface area contributed by atoms with Crippen LogP contribution in [0.4, 0.5) is 0 Å². The molecule has 0 saturated carbocycles. The van der Waals surface area contributed by atoms with E-state index in [-0.39, 0.29) is 0 Å². The summed E-state index contributed by atoms with van der Waals surface area (Å²) < 4.78 is 0. The summed E-state index contributed by atoms with van der Waals surface area (Å²) in [7, 11) is 0. The first-order valence-electron chi connectivity index (χ1n) is 5.46. The maximum atomic E-state index is 4.17. The van der Waals surface area contributed by atoms with Gasteiger partial charge in [0.25, 0.3) is 0 Å². The molecular weight excluding hydrogens is 174 g/mol. The van der Waals surface area contributed by atoms with Gasteiger partial charge in [-0.2, -0.15) is 5.10 Å². The van der Waals surface area contributed by atoms with Gasteiger partial charge in [-0.05, 0) is 26.8 Å². The van der Waals surface area contributed by atoms with Crippen LogP contribution in [-0.4, -0.2) is 16.7 Å². The summed E-state index contributed by atoms with van der Waals surface area (Å²) in [5.41, 5.74) is 3.62. The van der Waals surface area contributed by atoms with E-state index in [9.17, 15) is 0 Å². The van der Waals surface area contributed by atoms with Crippen molar-refractivity contribution in [1.29, 1.82) is 0 Å². The third kappa shape index (κ3) is 3.14. The Bertz CT molecular complexity index is 246. The zero-order chi connectivity index (χ0) is 10.4. The summed E-state index contributed by atoms with van der Waals surface area (Å²) in [5.74, 6) is 0. The number of H-pyrrole nitrogens is 1. The van der Waals surface area contributed by atoms with E-state index in [1.165, 1.54) is 30.5 Å². The summed E-state index contributed by atoms with van der Waals surface area (Å²) >= 11 is 0. The molecule has 1 aromatic rings. The predicted octanol–water partition coefficient (Wildman–Crippen LogP) is 2.31. The molecule has 0 aliphatic carbocycles. The average Bonchev–Trinajstić information content (AvgIpc) is 2.48. The molecular formula is C11H21N3. The van der Waals surface area contributed by atoms with Gasteiger partial charge in [-0.25, -0.2) is 0 Å². The van der Waals surface area contributed by atoms with E-state index in [0.717, 1.165) is 18.8 Å². The number of aromatic nitrogens is 2. The third-order valence-electron chi connectivity index (χ3n) is 2.54. The van der Waals surface area contributed by atoms with Gasteiger partial charge in [0.15, 0.2) is 0 Å². The highest BCUT2D eigenvalue weighted by Gasteiger charge is 2.04. The number of rotatable bonds is 6. The fourth-order valence-electron chi connectivity index (χ4n) is 1.55. The molecule has 1 heterocycles. The highest BCUT2D eigenvalue weighted by Crippen LogP contribution is 2.08. The molecule has 3 heteroatoms. The van der Waals surface area contributed by atoms with E-state index < -0.39 is 0 Å². The molecule has 0 atom stereocenters. The Morgan fingerprint density at radius 3 is 2.64 bits per heavy atom. The maximum Gasteiger partial charge on any atom is 0.0638 e. The number of aromatic amines is 1. The maximum absolute atomic E-state index is 4.17. The summed E-state index contributed by atoms with van der Waals surface area (Å²) in [5, 5.41) is 10.6. The van der Waals surface area contributed by atoms with Gasteiger partial charge in [0.2, 0.25) is 0 Å². The molecule has 80 valence electrons. The van der Waals surface area contributed by atoms with E-state index in [4.69, 9.17) is 0 Å². The van der Waals surface area contributed by atoms with Crippen LogP contribution in [0.25, 0.3) is 0 Å². The molecule has 0 unspecified atom stereocenters. The second-order valence-electron chi connectivity index (χ2n) is 3.80. The molecule has 0 fully saturated rings. The van der Waals surface area contributed by atoms with Crippen LogP contribution in [0.3, 0.4) is 0 Å². The quantitative estimate of drug-likeness (QED) is 0.684. The van der Waals surface area contributed by atoms with Gasteiger partial charge < -0.3 is 5.32 Å². The van der Waals surface area contributed by atoms with Crippen molar-refractivity contribution in [3.63, 3.8) is 0 Å². The van der Waals surface area contributed by atoms with Crippen molar-refractivity contribution < 1.29 is 0 Å². The number of aryl methyl sites for hydroxylation is 2. The SMILES string of the molecule is CCCCCNCc1c(C)n[nH]c1C. The van der Waals surface area contributed by atoms with Gasteiger partial charge in [0.05, 0.1) is 5.69 Å². The molecule has 3 nitrogen and oxygen atoms in total. The van der Waals surface area contributed by atoms with E-state index in [2.05, 4.69) is 29.4 Å². The zero-order valence-electron chi connectivity index (χ0n) is 9.48. The van der Waals surface area contributed by atoms with E-state index in [1.54, 1.807) is 0 Å². The van der Waals surface area contributed by atoms with Crippen LogP contribution in [0.1, 0.15) is 43.1 Å². The molecule has 14 heavy (non-hydrogen) atoms. The Labute approximate surface area is 86.3 Å². The van der Waals surface area contributed by atoms with Gasteiger partial charge >= 0.3 is 0 Å². The Balaban J connectivity index is 2.24. The van der Waals surface area contributed by atoms with Crippen molar-refractivity contribution in [2.45, 2.75) is 46.6 Å². The second-order valence-corrected chi connectivity index (χ2v) is 3.80. The predicted molar refractivity (Wildman–Crippen MR) is 59.3 cm³/mol. The first-order valence-corrected chi connectivity index (χ1v) is 5.46. The zero-order valence-corrected chi connectivity index (χ0v) is 9.48. The Morgan fingerprint density at radius 1 is 1.29 bits per heavy atom. The van der Waals surface area contributed by atoms with Crippen LogP contribution in [-0.2, 0) is 6.54 Å². The van der Waals surface area contributed by atoms with Gasteiger partial charge in [-0.3, -0.25) is 5.10 Å². The molecule has 1 rings (SSSR count). The number of nitrogens with one attached hydrogen (secondary N) is 2. The van der Waals surface area contributed by atoms with Gasteiger partial charge in [0.1, 0.15) is 0 Å². The van der Waals surface area contributed by atoms with Crippen molar-refractivity contribution >= 4 is 0 Å². The normalized spacial score (nSPS) is 10.8. The minimum absolute atomic E-state index is 0.942. The molecule has 0 aliphatic heterocycles. The molecule has 0 aromatic carbocycles. The van der Waals surface area contributed by atoms with Gasteiger partial charge in [-0.15, -0.1) is 0 Å². The van der Waals surface area contributed by atoms with Gasteiger partial charge in [-0.1, -0.05) is 19.8 Å². The fraction of sp³-hybridized carbons (Fsp3) is 0.727. The standard InChI is InChI=1S/C11H21N3/c1-4-5-6-7-12-8-11-9(2)13-14-10(11)3/h12H,4-8H2,1-3H3,(H,13,14). The molecule has 0 spiro atoms. The Morgan fingerprint density at radius 2 is 2.07 bits per heavy atom. The van der Waals surface area contributed by atoms with Crippen LogP contribution >= 0.6 is 0 Å². The minimum atomic E-state index is 0.942. The monoisotopic (exact) mass is 195 g/mol. The summed E-state index contributed by atoms with van der Waals surface area (Å²) in [6.45, 7) is 8.40. The summed E-state index contributed by atoms with van der Waals surface area (Å²) in [6, 6.07) is 0. The molecule has 0 aliphatic rings. The lowest BCUT2D eigenvalue weighted by molar-refractivity contribution is 0.614. The second kappa shape index (κ2) is 5.81. The number of unbranched alkanes of at least 4 members (excludes halogenated alkanes) is 2. The average molecular weight is 195 g/mol. The largest absolute Gasteiger partial charge is 0.313 e. The lowest BCUT2D eigenvalue weighted by atomic mass is 10.2. The highest BCUT2D eigenvalue weighted by molar-refractivity contribution is 5.22. The van der Waals surface area contributed by atoms with Crippen molar-refractivity contribution in [2.24, 2.45) is 0 Å². The van der Waals surface area contributed by atoms with E-state index >= 15 is 0 Å². The number of nitrogens with zero attached hydrogens (tertiary/aromatic N) is 1. The van der Waals surface area contributed by atoms with Crippen LogP contribution in [0.2, 0.25) is 0 Å².